The van der Waals surface area contributed by atoms with E-state index >= 15 is 0 Å². The van der Waals surface area contributed by atoms with Crippen molar-refractivity contribution < 1.29 is 14.3 Å². The average molecular weight is 191 g/mol. The van der Waals surface area contributed by atoms with Crippen LogP contribution in [-0.4, -0.2) is 20.2 Å². The minimum absolute atomic E-state index is 0.246. The third kappa shape index (κ3) is 3.31. The molecule has 0 fully saturated rings. The van der Waals surface area contributed by atoms with Crippen LogP contribution >= 0.6 is 0 Å². The number of rotatable bonds is 5. The highest BCUT2D eigenvalue weighted by molar-refractivity contribution is 5.51. The van der Waals surface area contributed by atoms with Gasteiger partial charge >= 0.3 is 6.47 Å². The maximum absolute atomic E-state index is 9.70. The van der Waals surface area contributed by atoms with Crippen LogP contribution in [-0.2, 0) is 9.53 Å². The van der Waals surface area contributed by atoms with Gasteiger partial charge in [-0.1, -0.05) is 18.2 Å². The Morgan fingerprint density at radius 2 is 2.07 bits per heavy atom. The van der Waals surface area contributed by atoms with Crippen LogP contribution < -0.4 is 4.74 Å². The maximum atomic E-state index is 9.70. The van der Waals surface area contributed by atoms with E-state index in [1.54, 1.807) is 13.2 Å². The smallest absolute Gasteiger partial charge is 0.417 e. The van der Waals surface area contributed by atoms with Gasteiger partial charge in [-0.15, -0.1) is 0 Å². The van der Waals surface area contributed by atoms with Crippen LogP contribution in [0.3, 0.4) is 0 Å². The summed E-state index contributed by atoms with van der Waals surface area (Å²) in [5.41, 5.74) is 1.03. The first kappa shape index (κ1) is 10.3. The summed E-state index contributed by atoms with van der Waals surface area (Å²) in [6.07, 6.45) is 3.60. The largest absolute Gasteiger partial charge is 0.497 e. The predicted molar refractivity (Wildman–Crippen MR) is 53.7 cm³/mol. The molecule has 1 radical (unpaired) electrons. The van der Waals surface area contributed by atoms with Crippen molar-refractivity contribution >= 4 is 12.5 Å². The number of benzene rings is 1. The first-order valence-corrected chi connectivity index (χ1v) is 4.16. The molecule has 1 rings (SSSR count). The van der Waals surface area contributed by atoms with Crippen molar-refractivity contribution in [3.63, 3.8) is 0 Å². The van der Waals surface area contributed by atoms with Crippen molar-refractivity contribution in [3.8, 4) is 5.75 Å². The quantitative estimate of drug-likeness (QED) is 0.665. The van der Waals surface area contributed by atoms with E-state index in [0.717, 1.165) is 11.3 Å². The molecule has 0 saturated heterocycles. The van der Waals surface area contributed by atoms with E-state index in [-0.39, 0.29) is 6.61 Å². The zero-order valence-electron chi connectivity index (χ0n) is 7.90. The van der Waals surface area contributed by atoms with Gasteiger partial charge in [-0.25, -0.2) is 4.79 Å². The van der Waals surface area contributed by atoms with Crippen molar-refractivity contribution in [2.24, 2.45) is 0 Å². The third-order valence-electron chi connectivity index (χ3n) is 1.66. The van der Waals surface area contributed by atoms with Crippen molar-refractivity contribution in [2.75, 3.05) is 13.7 Å². The molecule has 0 N–H and O–H groups in total. The molecule has 73 valence electrons. The molecule has 0 aliphatic heterocycles. The van der Waals surface area contributed by atoms with Crippen molar-refractivity contribution in [2.45, 2.75) is 0 Å². The van der Waals surface area contributed by atoms with E-state index in [2.05, 4.69) is 4.74 Å². The molecule has 0 saturated carbocycles. The highest BCUT2D eigenvalue weighted by Crippen LogP contribution is 2.11. The predicted octanol–water partition coefficient (Wildman–Crippen LogP) is 1.79. The summed E-state index contributed by atoms with van der Waals surface area (Å²) in [7, 11) is 1.62. The number of hydrogen-bond acceptors (Lipinski definition) is 3. The summed E-state index contributed by atoms with van der Waals surface area (Å²) >= 11 is 0. The summed E-state index contributed by atoms with van der Waals surface area (Å²) in [4.78, 5) is 9.70. The van der Waals surface area contributed by atoms with Crippen LogP contribution in [0.2, 0.25) is 0 Å². The Morgan fingerprint density at radius 1 is 1.36 bits per heavy atom. The Hall–Kier alpha value is -1.77. The fraction of sp³-hybridized carbons (Fsp3) is 0.182. The summed E-state index contributed by atoms with van der Waals surface area (Å²) in [5.74, 6) is 0.819. The lowest BCUT2D eigenvalue weighted by Crippen LogP contribution is -1.85. The van der Waals surface area contributed by atoms with E-state index < -0.39 is 0 Å². The molecule has 0 aliphatic carbocycles. The molecule has 0 spiro atoms. The minimum atomic E-state index is 0.246. The summed E-state index contributed by atoms with van der Waals surface area (Å²) in [5, 5.41) is 0. The second-order valence-electron chi connectivity index (χ2n) is 2.57. The van der Waals surface area contributed by atoms with Crippen LogP contribution in [0.5, 0.6) is 5.75 Å². The molecular weight excluding hydrogens is 180 g/mol. The molecule has 3 heteroatoms. The molecule has 0 aromatic heterocycles. The van der Waals surface area contributed by atoms with Crippen LogP contribution in [0, 0.1) is 0 Å². The minimum Gasteiger partial charge on any atom is -0.497 e. The first-order chi connectivity index (χ1) is 6.86. The molecule has 0 atom stereocenters. The van der Waals surface area contributed by atoms with E-state index in [0.29, 0.717) is 0 Å². The Kier molecular flexibility index (Phi) is 4.27. The lowest BCUT2D eigenvalue weighted by Gasteiger charge is -1.98. The molecule has 0 aliphatic rings. The highest BCUT2D eigenvalue weighted by Gasteiger charge is 1.89. The van der Waals surface area contributed by atoms with Gasteiger partial charge in [0.25, 0.3) is 0 Å². The second-order valence-corrected chi connectivity index (χ2v) is 2.57. The molecule has 0 bridgehead atoms. The Balaban J connectivity index is 2.50. The van der Waals surface area contributed by atoms with E-state index in [1.165, 1.54) is 6.47 Å². The van der Waals surface area contributed by atoms with Crippen LogP contribution in [0.1, 0.15) is 5.56 Å². The second kappa shape index (κ2) is 5.80. The fourth-order valence-corrected chi connectivity index (χ4v) is 0.981. The van der Waals surface area contributed by atoms with E-state index in [4.69, 9.17) is 4.74 Å². The average Bonchev–Trinajstić information content (AvgIpc) is 2.25. The number of carbonyl (C=O) groups excluding carboxylic acids is 1. The zero-order valence-corrected chi connectivity index (χ0v) is 7.90. The van der Waals surface area contributed by atoms with Gasteiger partial charge in [0.05, 0.1) is 7.11 Å². The molecule has 1 aromatic carbocycles. The molecule has 3 nitrogen and oxygen atoms in total. The summed E-state index contributed by atoms with van der Waals surface area (Å²) in [6, 6.07) is 7.57. The Labute approximate surface area is 83.0 Å². The Morgan fingerprint density at radius 3 is 2.64 bits per heavy atom. The number of ether oxygens (including phenoxy) is 2. The van der Waals surface area contributed by atoms with Gasteiger partial charge in [0.2, 0.25) is 0 Å². The first-order valence-electron chi connectivity index (χ1n) is 4.16. The Bertz CT molecular complexity index is 301. The highest BCUT2D eigenvalue weighted by atomic mass is 16.5. The fourth-order valence-electron chi connectivity index (χ4n) is 0.981. The van der Waals surface area contributed by atoms with Crippen molar-refractivity contribution in [1.82, 2.24) is 0 Å². The van der Waals surface area contributed by atoms with Gasteiger partial charge < -0.3 is 9.47 Å². The zero-order chi connectivity index (χ0) is 10.2. The molecule has 0 heterocycles. The topological polar surface area (TPSA) is 35.5 Å². The van der Waals surface area contributed by atoms with Crippen molar-refractivity contribution in [3.05, 3.63) is 35.9 Å². The van der Waals surface area contributed by atoms with E-state index in [1.807, 2.05) is 30.3 Å². The summed E-state index contributed by atoms with van der Waals surface area (Å²) in [6.45, 7) is 1.60. The van der Waals surface area contributed by atoms with Gasteiger partial charge in [-0.05, 0) is 23.8 Å². The van der Waals surface area contributed by atoms with E-state index in [9.17, 15) is 4.79 Å². The number of methoxy groups -OCH3 is 1. The molecule has 14 heavy (non-hydrogen) atoms. The lowest BCUT2D eigenvalue weighted by molar-refractivity contribution is 0.314. The lowest BCUT2D eigenvalue weighted by atomic mass is 10.2. The van der Waals surface area contributed by atoms with Crippen LogP contribution in [0.15, 0.2) is 30.3 Å². The third-order valence-corrected chi connectivity index (χ3v) is 1.66. The molecule has 0 unspecified atom stereocenters. The summed E-state index contributed by atoms with van der Waals surface area (Å²) < 4.78 is 9.40. The van der Waals surface area contributed by atoms with Gasteiger partial charge in [0, 0.05) is 0 Å². The van der Waals surface area contributed by atoms with Gasteiger partial charge in [-0.3, -0.25) is 0 Å². The molecule has 1 aromatic rings. The van der Waals surface area contributed by atoms with Crippen LogP contribution in [0.25, 0.3) is 6.08 Å². The maximum Gasteiger partial charge on any atom is 0.417 e. The van der Waals surface area contributed by atoms with Crippen LogP contribution in [0.4, 0.5) is 0 Å². The monoisotopic (exact) mass is 191 g/mol. The number of hydrogen-bond donors (Lipinski definition) is 0. The molecule has 0 amide bonds. The van der Waals surface area contributed by atoms with Gasteiger partial charge in [0.1, 0.15) is 12.4 Å². The van der Waals surface area contributed by atoms with Crippen molar-refractivity contribution in [1.29, 1.82) is 0 Å². The van der Waals surface area contributed by atoms with Gasteiger partial charge in [-0.2, -0.15) is 0 Å². The molecular formula is C11H11O3. The van der Waals surface area contributed by atoms with Gasteiger partial charge in [0.15, 0.2) is 0 Å². The normalized spacial score (nSPS) is 10.1. The standard InChI is InChI=1S/C11H11O3/c1-13-11-6-4-10(5-7-11)3-2-8-14-9-12/h2-7H,8H2,1H3. The SMILES string of the molecule is COc1ccc(C=CCO[C]=O)cc1.